The second kappa shape index (κ2) is 8.82. The molecule has 30 heavy (non-hydrogen) atoms. The second-order valence-electron chi connectivity index (χ2n) is 7.33. The predicted molar refractivity (Wildman–Crippen MR) is 98.3 cm³/mol. The number of amides is 1. The van der Waals surface area contributed by atoms with Crippen LogP contribution in [0.15, 0.2) is 41.7 Å². The van der Waals surface area contributed by atoms with Crippen LogP contribution in [-0.2, 0) is 16.1 Å². The monoisotopic (exact) mass is 426 g/mol. The van der Waals surface area contributed by atoms with Crippen LogP contribution in [0.3, 0.4) is 0 Å². The molecule has 2 aliphatic rings. The number of aliphatic carboxylic acids is 1. The number of carboxylic acid groups (broad SMARTS) is 1. The van der Waals surface area contributed by atoms with Gasteiger partial charge in [0.15, 0.2) is 0 Å². The number of piperidine rings is 1. The zero-order valence-corrected chi connectivity index (χ0v) is 16.0. The van der Waals surface area contributed by atoms with Gasteiger partial charge in [-0.25, -0.2) is 14.8 Å². The Morgan fingerprint density at radius 2 is 1.93 bits per heavy atom. The summed E-state index contributed by atoms with van der Waals surface area (Å²) in [6.45, 7) is 3.46. The molecular formula is C19H21F3N4O4. The molecule has 1 unspecified atom stereocenters. The number of likely N-dealkylation sites (tertiary alicyclic amines) is 1. The van der Waals surface area contributed by atoms with E-state index in [1.54, 1.807) is 24.9 Å². The van der Waals surface area contributed by atoms with Crippen LogP contribution >= 0.6 is 0 Å². The quantitative estimate of drug-likeness (QED) is 0.806. The van der Waals surface area contributed by atoms with Crippen LogP contribution in [0.2, 0.25) is 0 Å². The number of carboxylic acids is 1. The summed E-state index contributed by atoms with van der Waals surface area (Å²) in [5, 5.41) is 7.12. The number of nitrogens with zero attached hydrogens (tertiary/aromatic N) is 4. The summed E-state index contributed by atoms with van der Waals surface area (Å²) in [5.41, 5.74) is 1.72. The first-order valence-corrected chi connectivity index (χ1v) is 9.32. The van der Waals surface area contributed by atoms with E-state index in [4.69, 9.17) is 14.3 Å². The Bertz CT molecular complexity index is 860. The molecule has 11 heteroatoms. The Morgan fingerprint density at radius 3 is 2.53 bits per heavy atom. The minimum absolute atomic E-state index is 0.226. The van der Waals surface area contributed by atoms with Crippen LogP contribution in [0.5, 0.6) is 0 Å². The van der Waals surface area contributed by atoms with Crippen LogP contribution in [-0.4, -0.2) is 57.7 Å². The lowest BCUT2D eigenvalue weighted by Gasteiger charge is -2.38. The molecule has 2 aliphatic heterocycles. The molecule has 2 fully saturated rings. The molecular weight excluding hydrogens is 405 g/mol. The highest BCUT2D eigenvalue weighted by Gasteiger charge is 2.49. The summed E-state index contributed by atoms with van der Waals surface area (Å²) in [6.07, 6.45) is 6.26. The molecule has 0 radical (unpaired) electrons. The fourth-order valence-corrected chi connectivity index (χ4v) is 3.88. The third-order valence-electron chi connectivity index (χ3n) is 5.26. The minimum Gasteiger partial charge on any atom is -0.475 e. The Kier molecular flexibility index (Phi) is 6.40. The van der Waals surface area contributed by atoms with Crippen molar-refractivity contribution >= 4 is 17.6 Å². The Morgan fingerprint density at radius 1 is 1.23 bits per heavy atom. The van der Waals surface area contributed by atoms with E-state index in [0.29, 0.717) is 0 Å². The van der Waals surface area contributed by atoms with Gasteiger partial charge >= 0.3 is 12.1 Å². The van der Waals surface area contributed by atoms with E-state index in [1.807, 2.05) is 11.0 Å². The molecule has 1 atom stereocenters. The maximum atomic E-state index is 13.1. The van der Waals surface area contributed by atoms with Gasteiger partial charge in [-0.1, -0.05) is 0 Å². The van der Waals surface area contributed by atoms with Crippen molar-refractivity contribution in [1.82, 2.24) is 14.9 Å². The third-order valence-corrected chi connectivity index (χ3v) is 5.26. The molecule has 2 saturated heterocycles. The zero-order chi connectivity index (χ0) is 21.8. The summed E-state index contributed by atoms with van der Waals surface area (Å²) < 4.78 is 36.9. The number of carbonyl (C=O) groups is 2. The van der Waals surface area contributed by atoms with Gasteiger partial charge in [-0.2, -0.15) is 13.2 Å². The van der Waals surface area contributed by atoms with E-state index in [-0.39, 0.29) is 11.3 Å². The van der Waals surface area contributed by atoms with E-state index >= 15 is 0 Å². The van der Waals surface area contributed by atoms with Crippen molar-refractivity contribution in [2.45, 2.75) is 32.0 Å². The molecule has 0 bridgehead atoms. The molecule has 4 heterocycles. The van der Waals surface area contributed by atoms with E-state index in [1.165, 1.54) is 11.9 Å². The molecule has 162 valence electrons. The average Bonchev–Trinajstić information content (AvgIpc) is 3.32. The number of halogens is 3. The van der Waals surface area contributed by atoms with Crippen molar-refractivity contribution in [2.75, 3.05) is 24.5 Å². The first-order valence-electron chi connectivity index (χ1n) is 9.32. The number of carbonyl (C=O) groups excluding carboxylic acids is 1. The summed E-state index contributed by atoms with van der Waals surface area (Å²) in [6, 6.07) is 1.99. The third kappa shape index (κ3) is 4.96. The summed E-state index contributed by atoms with van der Waals surface area (Å²) in [4.78, 5) is 34.2. The zero-order valence-electron chi connectivity index (χ0n) is 16.0. The van der Waals surface area contributed by atoms with Crippen LogP contribution in [0.4, 0.5) is 18.9 Å². The van der Waals surface area contributed by atoms with Crippen LogP contribution in [0.1, 0.15) is 24.8 Å². The molecule has 0 saturated carbocycles. The van der Waals surface area contributed by atoms with Crippen LogP contribution < -0.4 is 4.90 Å². The standard InChI is InChI=1S/C17H20N4O2.C2HF3O2/c22-16-17(4-6-21(16)15-8-18-13-19-9-15)3-1-5-20(12-17)10-14-2-7-23-11-14;3-2(4,5)1(6)7/h2,7-9,11,13H,1,3-6,10,12H2;(H,6,7). The predicted octanol–water partition coefficient (Wildman–Crippen LogP) is 2.72. The van der Waals surface area contributed by atoms with Crippen molar-refractivity contribution in [3.63, 3.8) is 0 Å². The summed E-state index contributed by atoms with van der Waals surface area (Å²) in [5.74, 6) is -2.53. The Balaban J connectivity index is 0.000000318. The smallest absolute Gasteiger partial charge is 0.475 e. The van der Waals surface area contributed by atoms with Crippen LogP contribution in [0, 0.1) is 5.41 Å². The first kappa shape index (κ1) is 21.8. The highest BCUT2D eigenvalue weighted by Crippen LogP contribution is 2.41. The second-order valence-corrected chi connectivity index (χ2v) is 7.33. The van der Waals surface area contributed by atoms with Gasteiger partial charge in [-0.05, 0) is 31.9 Å². The molecule has 0 aliphatic carbocycles. The Hall–Kier alpha value is -2.95. The van der Waals surface area contributed by atoms with Gasteiger partial charge in [0.05, 0.1) is 36.0 Å². The molecule has 1 spiro atoms. The molecule has 0 aromatic carbocycles. The number of hydrogen-bond donors (Lipinski definition) is 1. The Labute approximate surface area is 170 Å². The number of aromatic nitrogens is 2. The lowest BCUT2D eigenvalue weighted by atomic mass is 9.78. The molecule has 1 N–H and O–H groups in total. The molecule has 2 aromatic rings. The first-order chi connectivity index (χ1) is 14.2. The maximum Gasteiger partial charge on any atom is 0.490 e. The van der Waals surface area contributed by atoms with Crippen molar-refractivity contribution < 1.29 is 32.3 Å². The van der Waals surface area contributed by atoms with Gasteiger partial charge in [0.2, 0.25) is 5.91 Å². The van der Waals surface area contributed by atoms with Gasteiger partial charge in [0.1, 0.15) is 6.33 Å². The van der Waals surface area contributed by atoms with Crippen molar-refractivity contribution in [3.05, 3.63) is 42.9 Å². The number of alkyl halides is 3. The topological polar surface area (TPSA) is 99.8 Å². The fourth-order valence-electron chi connectivity index (χ4n) is 3.88. The number of hydrogen-bond acceptors (Lipinski definition) is 6. The van der Waals surface area contributed by atoms with Gasteiger partial charge in [0, 0.05) is 25.2 Å². The van der Waals surface area contributed by atoms with E-state index in [9.17, 15) is 18.0 Å². The normalized spacial score (nSPS) is 22.1. The lowest BCUT2D eigenvalue weighted by molar-refractivity contribution is -0.192. The van der Waals surface area contributed by atoms with Crippen molar-refractivity contribution in [1.29, 1.82) is 0 Å². The molecule has 2 aromatic heterocycles. The van der Waals surface area contributed by atoms with E-state index in [0.717, 1.165) is 51.1 Å². The number of furan rings is 1. The minimum atomic E-state index is -5.08. The lowest BCUT2D eigenvalue weighted by Crippen LogP contribution is -2.47. The molecule has 1 amide bonds. The van der Waals surface area contributed by atoms with Gasteiger partial charge in [-0.3, -0.25) is 9.69 Å². The van der Waals surface area contributed by atoms with E-state index < -0.39 is 12.1 Å². The van der Waals surface area contributed by atoms with Crippen LogP contribution in [0.25, 0.3) is 0 Å². The number of anilines is 1. The van der Waals surface area contributed by atoms with Gasteiger partial charge < -0.3 is 14.4 Å². The maximum absolute atomic E-state index is 13.1. The largest absolute Gasteiger partial charge is 0.490 e. The molecule has 8 nitrogen and oxygen atoms in total. The van der Waals surface area contributed by atoms with Gasteiger partial charge in [0.25, 0.3) is 0 Å². The SMILES string of the molecule is O=C(O)C(F)(F)F.O=C1N(c2cncnc2)CCC12CCCN(Cc1ccoc1)C2. The summed E-state index contributed by atoms with van der Waals surface area (Å²) in [7, 11) is 0. The highest BCUT2D eigenvalue weighted by molar-refractivity contribution is 5.99. The van der Waals surface area contributed by atoms with E-state index in [2.05, 4.69) is 14.9 Å². The van der Waals surface area contributed by atoms with Gasteiger partial charge in [-0.15, -0.1) is 0 Å². The number of rotatable bonds is 3. The average molecular weight is 426 g/mol. The highest BCUT2D eigenvalue weighted by atomic mass is 19.4. The van der Waals surface area contributed by atoms with Crippen molar-refractivity contribution in [3.8, 4) is 0 Å². The fraction of sp³-hybridized carbons (Fsp3) is 0.474. The van der Waals surface area contributed by atoms with Crippen molar-refractivity contribution in [2.24, 2.45) is 5.41 Å². The molecule has 4 rings (SSSR count). The summed E-state index contributed by atoms with van der Waals surface area (Å²) >= 11 is 0.